The molecule has 4 aliphatic rings. The van der Waals surface area contributed by atoms with Crippen LogP contribution in [0.4, 0.5) is 0 Å². The maximum atomic E-state index is 4.72. The molecule has 0 heteroatoms. The van der Waals surface area contributed by atoms with Crippen molar-refractivity contribution in [2.75, 3.05) is 0 Å². The van der Waals surface area contributed by atoms with Crippen molar-refractivity contribution in [2.24, 2.45) is 58.2 Å². The molecule has 9 unspecified atom stereocenters. The molecule has 0 aromatic rings. The van der Waals surface area contributed by atoms with Crippen molar-refractivity contribution in [1.82, 2.24) is 0 Å². The molecular weight excluding hydrogens is 360 g/mol. The van der Waals surface area contributed by atoms with Crippen molar-refractivity contribution in [3.63, 3.8) is 0 Å². The Morgan fingerprint density at radius 2 is 1.60 bits per heavy atom. The first-order valence-corrected chi connectivity index (χ1v) is 13.3. The van der Waals surface area contributed by atoms with Crippen LogP contribution in [0.2, 0.25) is 0 Å². The van der Waals surface area contributed by atoms with Gasteiger partial charge in [-0.25, -0.2) is 0 Å². The molecule has 0 nitrogen and oxygen atoms in total. The van der Waals surface area contributed by atoms with Gasteiger partial charge in [-0.15, -0.1) is 0 Å². The Bertz CT molecular complexity index is 601. The van der Waals surface area contributed by atoms with Gasteiger partial charge in [0, 0.05) is 0 Å². The second kappa shape index (κ2) is 8.94. The first-order valence-electron chi connectivity index (χ1n) is 13.3. The second-order valence-electron chi connectivity index (χ2n) is 13.2. The van der Waals surface area contributed by atoms with Crippen LogP contribution in [0, 0.1) is 58.2 Å². The Morgan fingerprint density at radius 1 is 0.933 bits per heavy atom. The summed E-state index contributed by atoms with van der Waals surface area (Å²) >= 11 is 0. The van der Waals surface area contributed by atoms with Gasteiger partial charge in [0.15, 0.2) is 0 Å². The van der Waals surface area contributed by atoms with Crippen molar-refractivity contribution in [3.05, 3.63) is 12.2 Å². The Labute approximate surface area is 190 Å². The molecule has 0 radical (unpaired) electrons. The zero-order valence-corrected chi connectivity index (χ0v) is 20.6. The largest absolute Gasteiger partial charge is 0.0995 e. The van der Waals surface area contributed by atoms with Gasteiger partial charge in [0.1, 0.15) is 0 Å². The van der Waals surface area contributed by atoms with Crippen LogP contribution in [0.3, 0.4) is 0 Å². The summed E-state index contributed by atoms with van der Waals surface area (Å²) in [7, 11) is 0. The highest BCUT2D eigenvalue weighted by atomic mass is 14.7. The Balaban J connectivity index is 0.00000256. The Morgan fingerprint density at radius 3 is 2.30 bits per heavy atom. The van der Waals surface area contributed by atoms with E-state index >= 15 is 0 Å². The molecule has 4 rings (SSSR count). The van der Waals surface area contributed by atoms with E-state index in [1.54, 1.807) is 5.57 Å². The van der Waals surface area contributed by atoms with E-state index in [1.165, 1.54) is 70.6 Å². The molecule has 4 saturated carbocycles. The van der Waals surface area contributed by atoms with Crippen LogP contribution >= 0.6 is 0 Å². The van der Waals surface area contributed by atoms with Crippen molar-refractivity contribution < 1.29 is 0 Å². The lowest BCUT2D eigenvalue weighted by atomic mass is 9.43. The summed E-state index contributed by atoms with van der Waals surface area (Å²) in [6.45, 7) is 20.0. The molecule has 0 saturated heterocycles. The van der Waals surface area contributed by atoms with Gasteiger partial charge in [-0.2, -0.15) is 0 Å². The van der Waals surface area contributed by atoms with E-state index in [2.05, 4.69) is 41.5 Å². The lowest BCUT2D eigenvalue weighted by Crippen LogP contribution is -2.54. The fourth-order valence-electron chi connectivity index (χ4n) is 9.46. The van der Waals surface area contributed by atoms with Gasteiger partial charge in [-0.1, -0.05) is 86.8 Å². The normalized spacial score (nSPS) is 46.6. The number of allylic oxidation sites excluding steroid dienone is 1. The third kappa shape index (κ3) is 3.96. The molecule has 0 aromatic heterocycles. The Hall–Kier alpha value is -0.260. The lowest BCUT2D eigenvalue weighted by molar-refractivity contribution is -0.0992. The van der Waals surface area contributed by atoms with Crippen LogP contribution in [0.15, 0.2) is 12.2 Å². The molecule has 0 N–H and O–H groups in total. The van der Waals surface area contributed by atoms with Gasteiger partial charge >= 0.3 is 0 Å². The van der Waals surface area contributed by atoms with Crippen LogP contribution in [0.25, 0.3) is 0 Å². The average molecular weight is 415 g/mol. The zero-order chi connectivity index (χ0) is 21.0. The topological polar surface area (TPSA) is 0 Å². The maximum absolute atomic E-state index is 4.72. The first kappa shape index (κ1) is 24.4. The van der Waals surface area contributed by atoms with Crippen LogP contribution in [0.5, 0.6) is 0 Å². The van der Waals surface area contributed by atoms with Crippen LogP contribution in [-0.2, 0) is 0 Å². The predicted octanol–water partition coefficient (Wildman–Crippen LogP) is 9.55. The van der Waals surface area contributed by atoms with Crippen LogP contribution in [0.1, 0.15) is 120 Å². The smallest absolute Gasteiger partial charge is 0.0147 e. The number of rotatable bonds is 5. The Kier molecular flexibility index (Phi) is 7.27. The van der Waals surface area contributed by atoms with Gasteiger partial charge in [-0.05, 0) is 103 Å². The highest BCUT2D eigenvalue weighted by molar-refractivity contribution is 5.20. The van der Waals surface area contributed by atoms with Gasteiger partial charge in [0.25, 0.3) is 0 Å². The molecular formula is C30H54. The summed E-state index contributed by atoms with van der Waals surface area (Å²) in [5.41, 5.74) is 2.83. The minimum absolute atomic E-state index is 0. The maximum Gasteiger partial charge on any atom is -0.0147 e. The molecule has 30 heavy (non-hydrogen) atoms. The molecule has 9 atom stereocenters. The molecule has 0 heterocycles. The van der Waals surface area contributed by atoms with Gasteiger partial charge in [-0.3, -0.25) is 0 Å². The van der Waals surface area contributed by atoms with Gasteiger partial charge in [0.05, 0.1) is 0 Å². The van der Waals surface area contributed by atoms with Crippen LogP contribution in [-0.4, -0.2) is 0 Å². The number of hydrogen-bond donors (Lipinski definition) is 0. The highest BCUT2D eigenvalue weighted by Crippen LogP contribution is 2.69. The van der Waals surface area contributed by atoms with Crippen molar-refractivity contribution in [3.8, 4) is 0 Å². The monoisotopic (exact) mass is 414 g/mol. The summed E-state index contributed by atoms with van der Waals surface area (Å²) in [4.78, 5) is 0. The van der Waals surface area contributed by atoms with Crippen molar-refractivity contribution in [2.45, 2.75) is 120 Å². The molecule has 0 aliphatic heterocycles. The number of fused-ring (bicyclic) bond motifs is 5. The predicted molar refractivity (Wildman–Crippen MR) is 133 cm³/mol. The summed E-state index contributed by atoms with van der Waals surface area (Å²) in [6.07, 6.45) is 16.1. The summed E-state index contributed by atoms with van der Waals surface area (Å²) in [5.74, 6) is 7.42. The SMILES string of the molecule is C.C=C1CC2C(CCC3(C)C(C(C)CCCC(C)C)CCC23)C2(C)CCC(C)CC12. The van der Waals surface area contributed by atoms with Gasteiger partial charge < -0.3 is 0 Å². The summed E-state index contributed by atoms with van der Waals surface area (Å²) in [5, 5.41) is 0. The van der Waals surface area contributed by atoms with Crippen molar-refractivity contribution >= 4 is 0 Å². The molecule has 4 fully saturated rings. The lowest BCUT2D eigenvalue weighted by Gasteiger charge is -2.62. The second-order valence-corrected chi connectivity index (χ2v) is 13.2. The summed E-state index contributed by atoms with van der Waals surface area (Å²) < 4.78 is 0. The van der Waals surface area contributed by atoms with E-state index in [0.717, 1.165) is 47.3 Å². The molecule has 4 aliphatic carbocycles. The molecule has 0 amide bonds. The first-order chi connectivity index (χ1) is 13.7. The van der Waals surface area contributed by atoms with E-state index in [4.69, 9.17) is 6.58 Å². The van der Waals surface area contributed by atoms with E-state index < -0.39 is 0 Å². The van der Waals surface area contributed by atoms with Crippen molar-refractivity contribution in [1.29, 1.82) is 0 Å². The molecule has 0 aromatic carbocycles. The fraction of sp³-hybridized carbons (Fsp3) is 0.933. The van der Waals surface area contributed by atoms with E-state index in [-0.39, 0.29) is 7.43 Å². The average Bonchev–Trinajstić information content (AvgIpc) is 3.00. The molecule has 0 spiro atoms. The minimum atomic E-state index is 0. The van der Waals surface area contributed by atoms with E-state index in [9.17, 15) is 0 Å². The zero-order valence-electron chi connectivity index (χ0n) is 20.6. The third-order valence-corrected chi connectivity index (χ3v) is 11.1. The van der Waals surface area contributed by atoms with E-state index in [0.29, 0.717) is 10.8 Å². The van der Waals surface area contributed by atoms with E-state index in [1.807, 2.05) is 0 Å². The standard InChI is InChI=1S/C29H50.CH4/c1-19(2)9-8-10-21(4)24-11-12-25-23-18-22(5)27-17-20(3)13-15-29(27,7)26(23)14-16-28(24,25)6;/h19-21,23-27H,5,8-18H2,1-4,6-7H3;1H4. The third-order valence-electron chi connectivity index (χ3n) is 11.1. The quantitative estimate of drug-likeness (QED) is 0.393. The van der Waals surface area contributed by atoms with Gasteiger partial charge in [0.2, 0.25) is 0 Å². The molecule has 0 bridgehead atoms. The molecule has 174 valence electrons. The number of hydrogen-bond acceptors (Lipinski definition) is 0. The highest BCUT2D eigenvalue weighted by Gasteiger charge is 2.61. The summed E-state index contributed by atoms with van der Waals surface area (Å²) in [6, 6.07) is 0. The van der Waals surface area contributed by atoms with Crippen LogP contribution < -0.4 is 0 Å². The minimum Gasteiger partial charge on any atom is -0.0995 e. The fourth-order valence-corrected chi connectivity index (χ4v) is 9.46.